The maximum Gasteiger partial charge on any atom is 0.328 e. The van der Waals surface area contributed by atoms with Gasteiger partial charge in [-0.1, -0.05) is 71.8 Å². The first-order valence-corrected chi connectivity index (χ1v) is 6.81. The van der Waals surface area contributed by atoms with Crippen LogP contribution in [-0.2, 0) is 4.79 Å². The molecule has 0 bridgehead atoms. The average Bonchev–Trinajstić information content (AvgIpc) is 2.46. The van der Waals surface area contributed by atoms with Gasteiger partial charge in [0, 0.05) is 6.08 Å². The predicted molar refractivity (Wildman–Crippen MR) is 86.2 cm³/mol. The minimum Gasteiger partial charge on any atom is -0.478 e. The number of hydrogen-bond donors (Lipinski definition) is 1. The molecule has 0 saturated heterocycles. The zero-order chi connectivity index (χ0) is 15.2. The molecule has 2 aromatic carbocycles. The topological polar surface area (TPSA) is 37.3 Å². The number of rotatable bonds is 4. The van der Waals surface area contributed by atoms with E-state index in [1.807, 2.05) is 19.9 Å². The molecule has 0 atom stereocenters. The lowest BCUT2D eigenvalue weighted by molar-refractivity contribution is -0.131. The quantitative estimate of drug-likeness (QED) is 0.666. The van der Waals surface area contributed by atoms with E-state index in [1.54, 1.807) is 6.08 Å². The summed E-state index contributed by atoms with van der Waals surface area (Å²) in [6.07, 6.45) is 4.54. The van der Waals surface area contributed by atoms with Gasteiger partial charge in [-0.2, -0.15) is 0 Å². The molecule has 0 saturated carbocycles. The normalized spacial score (nSPS) is 10.6. The summed E-state index contributed by atoms with van der Waals surface area (Å²) < 4.78 is 0. The summed E-state index contributed by atoms with van der Waals surface area (Å²) in [5.41, 5.74) is 5.54. The SMILES string of the molecule is Cc1ccc(C(=C/C=C/C(=O)O)c2ccc(C)cc2)cc1. The van der Waals surface area contributed by atoms with Crippen molar-refractivity contribution in [2.45, 2.75) is 13.8 Å². The van der Waals surface area contributed by atoms with Gasteiger partial charge in [0.05, 0.1) is 0 Å². The highest BCUT2D eigenvalue weighted by atomic mass is 16.4. The molecule has 106 valence electrons. The zero-order valence-electron chi connectivity index (χ0n) is 12.2. The second-order valence-corrected chi connectivity index (χ2v) is 5.01. The van der Waals surface area contributed by atoms with Crippen molar-refractivity contribution in [3.63, 3.8) is 0 Å². The minimum absolute atomic E-state index is 0.946. The van der Waals surface area contributed by atoms with Gasteiger partial charge in [0.2, 0.25) is 0 Å². The van der Waals surface area contributed by atoms with Crippen molar-refractivity contribution in [2.24, 2.45) is 0 Å². The fourth-order valence-corrected chi connectivity index (χ4v) is 2.05. The Balaban J connectivity index is 2.45. The fourth-order valence-electron chi connectivity index (χ4n) is 2.05. The monoisotopic (exact) mass is 278 g/mol. The molecule has 2 rings (SSSR count). The first-order valence-electron chi connectivity index (χ1n) is 6.81. The van der Waals surface area contributed by atoms with Crippen molar-refractivity contribution in [1.29, 1.82) is 0 Å². The van der Waals surface area contributed by atoms with Crippen molar-refractivity contribution in [3.05, 3.63) is 89.0 Å². The number of hydrogen-bond acceptors (Lipinski definition) is 1. The molecule has 0 spiro atoms. The lowest BCUT2D eigenvalue weighted by Gasteiger charge is -2.09. The third-order valence-corrected chi connectivity index (χ3v) is 3.23. The maximum atomic E-state index is 10.6. The summed E-state index contributed by atoms with van der Waals surface area (Å²) in [5.74, 6) is -0.946. The van der Waals surface area contributed by atoms with Crippen LogP contribution in [0.15, 0.2) is 66.8 Å². The van der Waals surface area contributed by atoms with Gasteiger partial charge >= 0.3 is 5.97 Å². The van der Waals surface area contributed by atoms with Crippen LogP contribution < -0.4 is 0 Å². The Morgan fingerprint density at radius 3 is 1.67 bits per heavy atom. The Kier molecular flexibility index (Phi) is 4.72. The van der Waals surface area contributed by atoms with E-state index < -0.39 is 5.97 Å². The molecule has 0 amide bonds. The van der Waals surface area contributed by atoms with Crippen LogP contribution in [0.1, 0.15) is 22.3 Å². The van der Waals surface area contributed by atoms with Crippen molar-refractivity contribution >= 4 is 11.5 Å². The highest BCUT2D eigenvalue weighted by Crippen LogP contribution is 2.24. The lowest BCUT2D eigenvalue weighted by atomic mass is 9.96. The standard InChI is InChI=1S/C19H18O2/c1-14-6-10-16(11-7-14)18(4-3-5-19(20)21)17-12-8-15(2)9-13-17/h3-13H,1-2H3,(H,20,21)/b5-3+. The van der Waals surface area contributed by atoms with E-state index in [-0.39, 0.29) is 0 Å². The van der Waals surface area contributed by atoms with Gasteiger partial charge in [0.1, 0.15) is 0 Å². The van der Waals surface area contributed by atoms with Gasteiger partial charge in [-0.15, -0.1) is 0 Å². The minimum atomic E-state index is -0.946. The number of allylic oxidation sites excluding steroid dienone is 2. The lowest BCUT2D eigenvalue weighted by Crippen LogP contribution is -1.89. The van der Waals surface area contributed by atoms with Gasteiger partial charge in [-0.25, -0.2) is 4.79 Å². The molecule has 2 heteroatoms. The van der Waals surface area contributed by atoms with Crippen molar-refractivity contribution in [2.75, 3.05) is 0 Å². The summed E-state index contributed by atoms with van der Waals surface area (Å²) in [5, 5.41) is 8.72. The Hall–Kier alpha value is -2.61. The highest BCUT2D eigenvalue weighted by molar-refractivity contribution is 5.84. The van der Waals surface area contributed by atoms with E-state index in [0.29, 0.717) is 0 Å². The fraction of sp³-hybridized carbons (Fsp3) is 0.105. The first-order chi connectivity index (χ1) is 10.1. The van der Waals surface area contributed by atoms with Crippen LogP contribution in [0.5, 0.6) is 0 Å². The van der Waals surface area contributed by atoms with Crippen LogP contribution in [0, 0.1) is 13.8 Å². The van der Waals surface area contributed by atoms with E-state index >= 15 is 0 Å². The first kappa shape index (κ1) is 14.8. The molecule has 2 aromatic rings. The molecule has 0 fully saturated rings. The number of carboxylic acid groups (broad SMARTS) is 1. The number of carbonyl (C=O) groups is 1. The molecule has 0 unspecified atom stereocenters. The maximum absolute atomic E-state index is 10.6. The summed E-state index contributed by atoms with van der Waals surface area (Å²) in [7, 11) is 0. The van der Waals surface area contributed by atoms with E-state index in [9.17, 15) is 4.79 Å². The van der Waals surface area contributed by atoms with Gasteiger partial charge in [-0.3, -0.25) is 0 Å². The van der Waals surface area contributed by atoms with E-state index in [1.165, 1.54) is 11.1 Å². The van der Waals surface area contributed by atoms with Gasteiger partial charge < -0.3 is 5.11 Å². The van der Waals surface area contributed by atoms with Crippen LogP contribution in [0.3, 0.4) is 0 Å². The van der Waals surface area contributed by atoms with Crippen LogP contribution in [-0.4, -0.2) is 11.1 Å². The number of aryl methyl sites for hydroxylation is 2. The molecule has 0 aliphatic heterocycles. The molecule has 21 heavy (non-hydrogen) atoms. The van der Waals surface area contributed by atoms with Gasteiger partial charge in [-0.05, 0) is 30.5 Å². The molecular formula is C19H18O2. The van der Waals surface area contributed by atoms with Crippen LogP contribution >= 0.6 is 0 Å². The summed E-state index contributed by atoms with van der Waals surface area (Å²) in [6, 6.07) is 16.4. The van der Waals surface area contributed by atoms with E-state index in [4.69, 9.17) is 5.11 Å². The highest BCUT2D eigenvalue weighted by Gasteiger charge is 2.04. The predicted octanol–water partition coefficient (Wildman–Crippen LogP) is 4.38. The van der Waals surface area contributed by atoms with Gasteiger partial charge in [0.25, 0.3) is 0 Å². The Labute approximate surface area is 125 Å². The van der Waals surface area contributed by atoms with Gasteiger partial charge in [0.15, 0.2) is 0 Å². The largest absolute Gasteiger partial charge is 0.478 e. The molecular weight excluding hydrogens is 260 g/mol. The zero-order valence-corrected chi connectivity index (χ0v) is 12.2. The number of aliphatic carboxylic acids is 1. The Morgan fingerprint density at radius 1 is 0.857 bits per heavy atom. The van der Waals surface area contributed by atoms with Crippen LogP contribution in [0.25, 0.3) is 5.57 Å². The van der Waals surface area contributed by atoms with Crippen molar-refractivity contribution in [1.82, 2.24) is 0 Å². The smallest absolute Gasteiger partial charge is 0.328 e. The third-order valence-electron chi connectivity index (χ3n) is 3.23. The number of benzene rings is 2. The molecule has 0 aliphatic rings. The van der Waals surface area contributed by atoms with Crippen molar-refractivity contribution in [3.8, 4) is 0 Å². The van der Waals surface area contributed by atoms with Crippen LogP contribution in [0.2, 0.25) is 0 Å². The second-order valence-electron chi connectivity index (χ2n) is 5.01. The average molecular weight is 278 g/mol. The van der Waals surface area contributed by atoms with Crippen LogP contribution in [0.4, 0.5) is 0 Å². The Bertz CT molecular complexity index is 627. The molecule has 0 radical (unpaired) electrons. The molecule has 0 heterocycles. The molecule has 0 aliphatic carbocycles. The summed E-state index contributed by atoms with van der Waals surface area (Å²) in [6.45, 7) is 4.09. The third kappa shape index (κ3) is 4.18. The Morgan fingerprint density at radius 2 is 1.29 bits per heavy atom. The summed E-state index contributed by atoms with van der Waals surface area (Å²) in [4.78, 5) is 10.6. The van der Waals surface area contributed by atoms with E-state index in [2.05, 4.69) is 48.5 Å². The second kappa shape index (κ2) is 6.71. The number of carboxylic acids is 1. The summed E-state index contributed by atoms with van der Waals surface area (Å²) >= 11 is 0. The molecule has 0 aromatic heterocycles. The molecule has 1 N–H and O–H groups in total. The van der Waals surface area contributed by atoms with Crippen molar-refractivity contribution < 1.29 is 9.90 Å². The molecule has 2 nitrogen and oxygen atoms in total. The van der Waals surface area contributed by atoms with E-state index in [0.717, 1.165) is 22.8 Å².